The zero-order valence-corrected chi connectivity index (χ0v) is 71.0. The van der Waals surface area contributed by atoms with Gasteiger partial charge in [0, 0.05) is 122 Å². The van der Waals surface area contributed by atoms with Crippen LogP contribution in [0.3, 0.4) is 0 Å². The molecule has 0 aromatic heterocycles. The zero-order chi connectivity index (χ0) is 106. The van der Waals surface area contributed by atoms with E-state index in [9.17, 15) is 74.3 Å². The maximum atomic E-state index is 14.0. The molecule has 0 bridgehead atoms. The Morgan fingerprint density at radius 1 is 0.328 bits per heavy atom. The van der Waals surface area contributed by atoms with Gasteiger partial charge >= 0.3 is 0 Å². The lowest BCUT2D eigenvalue weighted by atomic mass is 9.80. The third-order valence-corrected chi connectivity index (χ3v) is 27.6. The average molecular weight is 1750 g/mol. The van der Waals surface area contributed by atoms with E-state index in [2.05, 4.69) is 0 Å². The molecule has 5 aromatic carbocycles. The van der Waals surface area contributed by atoms with Gasteiger partial charge in [-0.05, 0) is 288 Å². The van der Waals surface area contributed by atoms with Crippen molar-refractivity contribution in [1.82, 2.24) is 49.0 Å². The molecule has 20 nitrogen and oxygen atoms in total. The highest BCUT2D eigenvalue weighted by atomic mass is 19.2. The summed E-state index contributed by atoms with van der Waals surface area (Å²) in [4.78, 5) is 145. The Kier molecular flexibility index (Phi) is 20.4. The van der Waals surface area contributed by atoms with Crippen LogP contribution in [0.4, 0.5) is 26.3 Å². The van der Waals surface area contributed by atoms with Gasteiger partial charge in [0.2, 0.25) is 59.1 Å². The quantitative estimate of drug-likeness (QED) is 0.152. The molecular formula is C99H122F6N10O10. The maximum absolute atomic E-state index is 14.0. The number of halogens is 6. The van der Waals surface area contributed by atoms with Crippen LogP contribution in [0.5, 0.6) is 0 Å². The number of amides is 10. The van der Waals surface area contributed by atoms with Crippen molar-refractivity contribution in [2.24, 2.45) is 47.2 Å². The van der Waals surface area contributed by atoms with Gasteiger partial charge in [0.25, 0.3) is 0 Å². The number of alkyl halides is 1. The number of fused-ring (bicyclic) bond motifs is 15. The third kappa shape index (κ3) is 19.8. The standard InChI is InChI=1S/C20H24F2N2O2.3C20H25FN2O2.C19H23FN2O2/c1-20(22)7-4-14(5-8-20)19(26)23-11-17-16-10-15(21)3-2-13(16)6-9-24(17)18(25)12-23;3*1-13-2-4-15(5-3-13)20(25)22-11-18-17-10-16(21)7-6-14(17)8-9-23(18)19(24)12-22;20-15-7-6-13-8-9-22-17(16(13)10-15)11-21(12-18(22)23)19(24)14-4-2-1-3-5-14/h2-3,10,14,17H,4-9,11-12H2,1H3;3*6-7,10,13,15,18H,2-5,8-9,11-12H2,1H3;6-7,10,14,17H,1-5,8-9,11-12H2/i;2D2,3D2,4D2,5D2,13D,15D;2D2,3D2,4D2,5D2,13D;13D;. The Morgan fingerprint density at radius 3 is 0.880 bits per heavy atom. The van der Waals surface area contributed by atoms with Gasteiger partial charge in [0.15, 0.2) is 0 Å². The average Bonchev–Trinajstić information content (AvgIpc) is 0.650. The van der Waals surface area contributed by atoms with Crippen LogP contribution in [-0.4, -0.2) is 212 Å². The molecule has 0 N–H and O–H groups in total. The first kappa shape index (κ1) is 66.7. The molecule has 670 valence electrons. The van der Waals surface area contributed by atoms with Gasteiger partial charge in [-0.15, -0.1) is 0 Å². The Hall–Kier alpha value is -9.62. The molecule has 0 spiro atoms. The summed E-state index contributed by atoms with van der Waals surface area (Å²) in [7, 11) is 0. The Bertz CT molecular complexity index is 5780. The molecule has 125 heavy (non-hydrogen) atoms. The molecule has 5 saturated carbocycles. The minimum Gasteiger partial charge on any atom is -0.332 e. The van der Waals surface area contributed by atoms with Gasteiger partial charge in [-0.25, -0.2) is 26.3 Å². The fourth-order valence-electron chi connectivity index (χ4n) is 20.6. The Morgan fingerprint density at radius 2 is 0.584 bits per heavy atom. The predicted molar refractivity (Wildman–Crippen MR) is 457 cm³/mol. The summed E-state index contributed by atoms with van der Waals surface area (Å²) < 4.78 is 249. The van der Waals surface area contributed by atoms with Gasteiger partial charge in [-0.3, -0.25) is 47.9 Å². The number of carbonyl (C=O) groups is 10. The van der Waals surface area contributed by atoms with Crippen molar-refractivity contribution in [2.75, 3.05) is 98.2 Å². The summed E-state index contributed by atoms with van der Waals surface area (Å²) in [6.45, 7) is 7.47. The second kappa shape index (κ2) is 38.1. The Labute approximate surface area is 758 Å². The van der Waals surface area contributed by atoms with Crippen molar-refractivity contribution in [1.29, 1.82) is 0 Å². The normalized spacial score (nSPS) is 36.7. The van der Waals surface area contributed by atoms with Gasteiger partial charge in [0.05, 0.1) is 62.9 Å². The fraction of sp³-hybridized carbons (Fsp3) is 0.596. The van der Waals surface area contributed by atoms with Gasteiger partial charge < -0.3 is 49.0 Å². The fourth-order valence-corrected chi connectivity index (χ4v) is 20.6. The van der Waals surface area contributed by atoms with Crippen molar-refractivity contribution in [3.63, 3.8) is 0 Å². The second-order valence-electron chi connectivity index (χ2n) is 35.9. The summed E-state index contributed by atoms with van der Waals surface area (Å²) in [5.41, 5.74) is 6.95. The lowest BCUT2D eigenvalue weighted by Crippen LogP contribution is -2.57. The van der Waals surface area contributed by atoms with E-state index in [1.807, 2.05) is 17.9 Å². The third-order valence-electron chi connectivity index (χ3n) is 27.6. The summed E-state index contributed by atoms with van der Waals surface area (Å²) >= 11 is 0. The minimum atomic E-state index is -3.69. The molecule has 10 amide bonds. The highest BCUT2D eigenvalue weighted by molar-refractivity contribution is 5.92. The molecule has 26 heteroatoms. The van der Waals surface area contributed by atoms with Crippen molar-refractivity contribution >= 4 is 59.1 Å². The molecule has 10 heterocycles. The van der Waals surface area contributed by atoms with E-state index in [4.69, 9.17) is 27.4 Å². The Balaban J connectivity index is 0.000000131. The molecular weight excluding hydrogens is 1600 g/mol. The predicted octanol–water partition coefficient (Wildman–Crippen LogP) is 14.4. The number of hydrogen-bond donors (Lipinski definition) is 0. The number of piperazine rings is 5. The summed E-state index contributed by atoms with van der Waals surface area (Å²) in [5.74, 6) is -18.7. The van der Waals surface area contributed by atoms with E-state index in [0.29, 0.717) is 122 Å². The first-order valence-electron chi connectivity index (χ1n) is 54.0. The van der Waals surface area contributed by atoms with Crippen LogP contribution in [0, 0.1) is 76.3 Å². The van der Waals surface area contributed by atoms with Crippen LogP contribution >= 0.6 is 0 Å². The highest BCUT2D eigenvalue weighted by Gasteiger charge is 2.48. The molecule has 5 saturated heterocycles. The molecule has 5 aromatic rings. The number of carbonyl (C=O) groups excluding carboxylic acids is 10. The van der Waals surface area contributed by atoms with Crippen molar-refractivity contribution in [2.45, 2.75) is 230 Å². The van der Waals surface area contributed by atoms with Crippen LogP contribution in [-0.2, 0) is 80.0 Å². The van der Waals surface area contributed by atoms with E-state index in [1.54, 1.807) is 55.7 Å². The number of hydrogen-bond acceptors (Lipinski definition) is 10. The van der Waals surface area contributed by atoms with Crippen LogP contribution < -0.4 is 0 Å². The maximum Gasteiger partial charge on any atom is 0.242 e. The van der Waals surface area contributed by atoms with Gasteiger partial charge in [0.1, 0.15) is 34.8 Å². The van der Waals surface area contributed by atoms with Gasteiger partial charge in [-0.1, -0.05) is 70.4 Å². The molecule has 5 atom stereocenters. The van der Waals surface area contributed by atoms with E-state index < -0.39 is 147 Å². The number of rotatable bonds is 5. The largest absolute Gasteiger partial charge is 0.332 e. The molecule has 10 aliphatic heterocycles. The molecule has 5 aliphatic carbocycles. The zero-order valence-electron chi connectivity index (χ0n) is 91.0. The molecule has 0 radical (unpaired) electrons. The molecule has 15 aliphatic rings. The van der Waals surface area contributed by atoms with E-state index in [-0.39, 0.29) is 128 Å². The monoisotopic (exact) mass is 1750 g/mol. The second-order valence-corrected chi connectivity index (χ2v) is 35.9. The molecule has 20 rings (SSSR count). The topological polar surface area (TPSA) is 203 Å². The van der Waals surface area contributed by atoms with E-state index in [1.165, 1.54) is 76.9 Å². The first-order chi connectivity index (χ1) is 67.5. The summed E-state index contributed by atoms with van der Waals surface area (Å²) in [6, 6.07) is 20.1. The molecule has 10 fully saturated rings. The van der Waals surface area contributed by atoms with E-state index in [0.717, 1.165) is 113 Å². The highest BCUT2D eigenvalue weighted by Crippen LogP contribution is 2.44. The smallest absolute Gasteiger partial charge is 0.242 e. The number of nitrogens with zero attached hydrogens (tertiary/aromatic N) is 10. The van der Waals surface area contributed by atoms with Crippen LogP contribution in [0.15, 0.2) is 91.0 Å². The number of benzene rings is 5. The van der Waals surface area contributed by atoms with Gasteiger partial charge in [-0.2, -0.15) is 0 Å². The SMILES string of the molecule is CC1(F)CCC(C(=O)N2CC(=O)N3CCc4ccc(F)cc4C3C2)CC1.O=C(C1CCCCC1)N1CC(=O)N2CCc3ccc(F)cc3C2C1.[2H]C1(C)CCC(C(=O)N2CC(=O)N3CCc4ccc(F)cc4C3C2)CC1.[2H]C1([2H])C(C(=O)N2CC(=O)N3CCc4ccc(F)cc4C3C2)C([2H])([2H])C([2H])([2H])C([2H])(C)C1([2H])[2H].[2H]C1([2H])C([2H])([2H])C([2H])(C(=O)N2CC(=O)N3CCc4ccc(F)cc4C3C2)C([2H])([2H])C([2H])([2H])C1([2H])C. The minimum absolute atomic E-state index is 0.00896. The van der Waals surface area contributed by atoms with Crippen molar-refractivity contribution < 1.29 is 102 Å². The lowest BCUT2D eigenvalue weighted by Gasteiger charge is -2.45. The van der Waals surface area contributed by atoms with E-state index >= 15 is 0 Å². The summed E-state index contributed by atoms with van der Waals surface area (Å²) in [6.07, 6.45) is -14.2. The van der Waals surface area contributed by atoms with Crippen molar-refractivity contribution in [3.05, 3.63) is 176 Å². The lowest BCUT2D eigenvalue weighted by molar-refractivity contribution is -0.152. The van der Waals surface area contributed by atoms with Crippen molar-refractivity contribution in [3.8, 4) is 0 Å². The van der Waals surface area contributed by atoms with Crippen LogP contribution in [0.2, 0.25) is 0 Å². The van der Waals surface area contributed by atoms with Crippen LogP contribution in [0.1, 0.15) is 275 Å². The van der Waals surface area contributed by atoms with Crippen LogP contribution in [0.25, 0.3) is 0 Å². The summed E-state index contributed by atoms with van der Waals surface area (Å²) in [5, 5.41) is 0. The first-order valence-corrected chi connectivity index (χ1v) is 44.0. The molecule has 5 unspecified atom stereocenters.